The van der Waals surface area contributed by atoms with Crippen LogP contribution in [0, 0.1) is 0 Å². The van der Waals surface area contributed by atoms with Crippen molar-refractivity contribution in [3.8, 4) is 0 Å². The molecule has 4 nitrogen and oxygen atoms in total. The Balaban J connectivity index is 2.27. The summed E-state index contributed by atoms with van der Waals surface area (Å²) in [6.07, 6.45) is 0. The molecule has 1 heterocycles. The molecule has 1 aromatic carbocycles. The number of pyridine rings is 1. The number of sulfonamides is 1. The normalized spacial score (nSPS) is 11.3. The second-order valence-corrected chi connectivity index (χ2v) is 6.36. The molecule has 0 amide bonds. The van der Waals surface area contributed by atoms with Gasteiger partial charge in [0.2, 0.25) is 0 Å². The van der Waals surface area contributed by atoms with Crippen molar-refractivity contribution >= 4 is 43.4 Å². The third-order valence-corrected chi connectivity index (χ3v) is 4.57. The summed E-state index contributed by atoms with van der Waals surface area (Å²) >= 11 is 9.01. The Labute approximate surface area is 125 Å². The molecule has 0 fully saturated rings. The highest BCUT2D eigenvalue weighted by Crippen LogP contribution is 2.17. The molecule has 2 aromatic rings. The zero-order valence-corrected chi connectivity index (χ0v) is 12.8. The predicted molar refractivity (Wildman–Crippen MR) is 79.1 cm³/mol. The molecule has 0 saturated carbocycles. The van der Waals surface area contributed by atoms with Gasteiger partial charge in [-0.3, -0.25) is 4.72 Å². The van der Waals surface area contributed by atoms with E-state index in [0.29, 0.717) is 5.33 Å². The zero-order valence-electron chi connectivity index (χ0n) is 9.68. The second-order valence-electron chi connectivity index (χ2n) is 3.73. The summed E-state index contributed by atoms with van der Waals surface area (Å²) in [6.45, 7) is 0. The van der Waals surface area contributed by atoms with E-state index in [1.54, 1.807) is 36.4 Å². The van der Waals surface area contributed by atoms with Crippen molar-refractivity contribution in [1.29, 1.82) is 0 Å². The van der Waals surface area contributed by atoms with Gasteiger partial charge in [-0.25, -0.2) is 13.4 Å². The van der Waals surface area contributed by atoms with Crippen LogP contribution in [0.3, 0.4) is 0 Å². The third kappa shape index (κ3) is 3.68. The van der Waals surface area contributed by atoms with Gasteiger partial charge in [-0.2, -0.15) is 0 Å². The van der Waals surface area contributed by atoms with Crippen LogP contribution in [0.25, 0.3) is 0 Å². The first-order valence-corrected chi connectivity index (χ1v) is 8.30. The fraction of sp³-hybridized carbons (Fsp3) is 0.0833. The molecule has 0 aliphatic carbocycles. The van der Waals surface area contributed by atoms with Crippen molar-refractivity contribution in [1.82, 2.24) is 4.98 Å². The van der Waals surface area contributed by atoms with E-state index in [1.165, 1.54) is 6.07 Å². The SMILES string of the molecule is O=S(=O)(Nc1cccc(Cl)n1)c1ccc(CBr)cc1. The summed E-state index contributed by atoms with van der Waals surface area (Å²) in [6, 6.07) is 11.3. The van der Waals surface area contributed by atoms with Crippen LogP contribution in [-0.2, 0) is 15.4 Å². The third-order valence-electron chi connectivity index (χ3n) is 2.34. The Morgan fingerprint density at radius 3 is 2.42 bits per heavy atom. The molecule has 1 N–H and O–H groups in total. The van der Waals surface area contributed by atoms with Crippen LogP contribution in [-0.4, -0.2) is 13.4 Å². The predicted octanol–water partition coefficient (Wildman–Crippen LogP) is 3.43. The van der Waals surface area contributed by atoms with Crippen molar-refractivity contribution in [2.24, 2.45) is 0 Å². The smallest absolute Gasteiger partial charge is 0.263 e. The Morgan fingerprint density at radius 2 is 1.84 bits per heavy atom. The maximum Gasteiger partial charge on any atom is 0.263 e. The second kappa shape index (κ2) is 5.90. The standard InChI is InChI=1S/C12H10BrClN2O2S/c13-8-9-4-6-10(7-5-9)19(17,18)16-12-3-1-2-11(14)15-12/h1-7H,8H2,(H,15,16). The first-order chi connectivity index (χ1) is 9.01. The minimum Gasteiger partial charge on any atom is -0.263 e. The van der Waals surface area contributed by atoms with Gasteiger partial charge in [0, 0.05) is 5.33 Å². The Hall–Kier alpha value is -1.11. The van der Waals surface area contributed by atoms with Crippen LogP contribution in [0.4, 0.5) is 5.82 Å². The van der Waals surface area contributed by atoms with E-state index >= 15 is 0 Å². The number of aromatic nitrogens is 1. The molecule has 1 aromatic heterocycles. The zero-order chi connectivity index (χ0) is 13.9. The molecule has 0 atom stereocenters. The highest BCUT2D eigenvalue weighted by molar-refractivity contribution is 9.08. The average Bonchev–Trinajstić information content (AvgIpc) is 2.38. The summed E-state index contributed by atoms with van der Waals surface area (Å²) < 4.78 is 26.6. The van der Waals surface area contributed by atoms with Crippen LogP contribution in [0.2, 0.25) is 5.15 Å². The van der Waals surface area contributed by atoms with Gasteiger partial charge in [0.1, 0.15) is 11.0 Å². The van der Waals surface area contributed by atoms with Gasteiger partial charge in [-0.15, -0.1) is 0 Å². The molecule has 7 heteroatoms. The maximum atomic E-state index is 12.1. The number of alkyl halides is 1. The molecule has 19 heavy (non-hydrogen) atoms. The first-order valence-electron chi connectivity index (χ1n) is 5.31. The van der Waals surface area contributed by atoms with Crippen LogP contribution in [0.1, 0.15) is 5.56 Å². The van der Waals surface area contributed by atoms with Crippen molar-refractivity contribution in [2.75, 3.05) is 4.72 Å². The molecule has 0 aliphatic rings. The number of nitrogens with one attached hydrogen (secondary N) is 1. The summed E-state index contributed by atoms with van der Waals surface area (Å²) in [7, 11) is -3.64. The van der Waals surface area contributed by atoms with Gasteiger partial charge < -0.3 is 0 Å². The van der Waals surface area contributed by atoms with Crippen LogP contribution in [0.5, 0.6) is 0 Å². The highest BCUT2D eigenvalue weighted by Gasteiger charge is 2.14. The van der Waals surface area contributed by atoms with E-state index in [2.05, 4.69) is 25.6 Å². The molecule has 0 aliphatic heterocycles. The van der Waals surface area contributed by atoms with Gasteiger partial charge in [0.25, 0.3) is 10.0 Å². The molecule has 0 radical (unpaired) electrons. The lowest BCUT2D eigenvalue weighted by Gasteiger charge is -2.07. The van der Waals surface area contributed by atoms with E-state index in [9.17, 15) is 8.42 Å². The van der Waals surface area contributed by atoms with Gasteiger partial charge in [0.15, 0.2) is 0 Å². The fourth-order valence-electron chi connectivity index (χ4n) is 1.42. The first kappa shape index (κ1) is 14.3. The average molecular weight is 362 g/mol. The van der Waals surface area contributed by atoms with Crippen molar-refractivity contribution in [3.63, 3.8) is 0 Å². The van der Waals surface area contributed by atoms with E-state index < -0.39 is 10.0 Å². The number of anilines is 1. The van der Waals surface area contributed by atoms with Gasteiger partial charge in [-0.05, 0) is 29.8 Å². The van der Waals surface area contributed by atoms with Crippen molar-refractivity contribution in [3.05, 3.63) is 53.2 Å². The number of benzene rings is 1. The number of hydrogen-bond acceptors (Lipinski definition) is 3. The van der Waals surface area contributed by atoms with Crippen LogP contribution in [0.15, 0.2) is 47.4 Å². The van der Waals surface area contributed by atoms with Crippen molar-refractivity contribution in [2.45, 2.75) is 10.2 Å². The molecule has 2 rings (SSSR count). The lowest BCUT2D eigenvalue weighted by molar-refractivity contribution is 0.601. The Morgan fingerprint density at radius 1 is 1.16 bits per heavy atom. The summed E-state index contributed by atoms with van der Waals surface area (Å²) in [5, 5.41) is 0.909. The molecular weight excluding hydrogens is 352 g/mol. The number of halogens is 2. The van der Waals surface area contributed by atoms with E-state index in [0.717, 1.165) is 5.56 Å². The fourth-order valence-corrected chi connectivity index (χ4v) is 2.96. The highest BCUT2D eigenvalue weighted by atomic mass is 79.9. The quantitative estimate of drug-likeness (QED) is 0.670. The molecule has 0 spiro atoms. The van der Waals surface area contributed by atoms with Crippen LogP contribution < -0.4 is 4.72 Å². The maximum absolute atomic E-state index is 12.1. The lowest BCUT2D eigenvalue weighted by atomic mass is 10.2. The minimum absolute atomic E-state index is 0.180. The summed E-state index contributed by atoms with van der Waals surface area (Å²) in [5.41, 5.74) is 1.000. The molecule has 0 bridgehead atoms. The monoisotopic (exact) mass is 360 g/mol. The largest absolute Gasteiger partial charge is 0.263 e. The minimum atomic E-state index is -3.64. The molecule has 0 unspecified atom stereocenters. The van der Waals surface area contributed by atoms with Crippen LogP contribution >= 0.6 is 27.5 Å². The van der Waals surface area contributed by atoms with E-state index in [-0.39, 0.29) is 15.9 Å². The van der Waals surface area contributed by atoms with Gasteiger partial charge in [0.05, 0.1) is 4.90 Å². The lowest BCUT2D eigenvalue weighted by Crippen LogP contribution is -2.13. The number of hydrogen-bond donors (Lipinski definition) is 1. The van der Waals surface area contributed by atoms with Crippen molar-refractivity contribution < 1.29 is 8.42 Å². The topological polar surface area (TPSA) is 59.1 Å². The summed E-state index contributed by atoms with van der Waals surface area (Å²) in [5.74, 6) is 0.192. The Kier molecular flexibility index (Phi) is 4.44. The van der Waals surface area contributed by atoms with E-state index in [4.69, 9.17) is 11.6 Å². The number of nitrogens with zero attached hydrogens (tertiary/aromatic N) is 1. The molecular formula is C12H10BrClN2O2S. The summed E-state index contributed by atoms with van der Waals surface area (Å²) in [4.78, 5) is 4.06. The van der Waals surface area contributed by atoms with Gasteiger partial charge in [-0.1, -0.05) is 45.7 Å². The molecule has 0 saturated heterocycles. The van der Waals surface area contributed by atoms with E-state index in [1.807, 2.05) is 0 Å². The number of rotatable bonds is 4. The van der Waals surface area contributed by atoms with Gasteiger partial charge >= 0.3 is 0 Å². The molecule has 100 valence electrons. The Bertz CT molecular complexity index is 674.